The number of ketones is 1. The van der Waals surface area contributed by atoms with Crippen LogP contribution in [0.25, 0.3) is 5.57 Å². The number of aryl methyl sites for hydroxylation is 1. The number of allylic oxidation sites excluding steroid dienone is 4. The van der Waals surface area contributed by atoms with Gasteiger partial charge in [-0.3, -0.25) is 9.59 Å². The number of Topliss-reactive ketones (excluding diaryl/α,β-unsaturated/α-hetero) is 1. The number of hydrogen-bond acceptors (Lipinski definition) is 3. The van der Waals surface area contributed by atoms with E-state index in [0.29, 0.717) is 34.6 Å². The topological polar surface area (TPSA) is 80.4 Å². The lowest BCUT2D eigenvalue weighted by Gasteiger charge is -2.59. The number of primary amides is 1. The number of hydrogen-bond donors (Lipinski definition) is 2. The third kappa shape index (κ3) is 3.82. The molecule has 1 amide bonds. The molecule has 0 radical (unpaired) electrons. The monoisotopic (exact) mass is 553 g/mol. The maximum Gasteiger partial charge on any atom is 0.252 e. The summed E-state index contributed by atoms with van der Waals surface area (Å²) in [5, 5.41) is 12.6. The maximum atomic E-state index is 14.1. The standard InChI is InChI=1S/C35H36ClNO3/c1-18(2)30-21(5)29(33(37)40)32(39)35(7)31(38)27-20(4)28-25(16-24(27)17-34(30,35)6)23(14-15-26(28)36)13-12-22-10-8-19(3)9-11-22/h8-11,14-15,18,24,30,38H,4,16-17H2,1-3,5-7H3,(H2,37,40)/t24-,30+,34-,35+/m0/s1. The normalized spacial score (nSPS) is 27.6. The van der Waals surface area contributed by atoms with Crippen molar-refractivity contribution < 1.29 is 14.7 Å². The van der Waals surface area contributed by atoms with Crippen molar-refractivity contribution in [3.8, 4) is 11.8 Å². The predicted molar refractivity (Wildman–Crippen MR) is 161 cm³/mol. The molecular weight excluding hydrogens is 518 g/mol. The highest BCUT2D eigenvalue weighted by Gasteiger charge is 2.65. The van der Waals surface area contributed by atoms with Crippen molar-refractivity contribution in [2.24, 2.45) is 34.3 Å². The van der Waals surface area contributed by atoms with Crippen LogP contribution in [0.2, 0.25) is 5.02 Å². The van der Waals surface area contributed by atoms with Crippen molar-refractivity contribution in [2.45, 2.75) is 54.4 Å². The van der Waals surface area contributed by atoms with Crippen LogP contribution in [-0.4, -0.2) is 16.8 Å². The van der Waals surface area contributed by atoms with Gasteiger partial charge in [0.25, 0.3) is 5.91 Å². The Morgan fingerprint density at radius 1 is 1.12 bits per heavy atom. The average Bonchev–Trinajstić information content (AvgIpc) is 2.86. The number of amides is 1. The van der Waals surface area contributed by atoms with Crippen LogP contribution < -0.4 is 5.73 Å². The molecule has 0 bridgehead atoms. The third-order valence-electron chi connectivity index (χ3n) is 9.82. The molecule has 3 aliphatic carbocycles. The van der Waals surface area contributed by atoms with E-state index in [0.717, 1.165) is 22.3 Å². The summed E-state index contributed by atoms with van der Waals surface area (Å²) in [6.45, 7) is 16.3. The van der Waals surface area contributed by atoms with Gasteiger partial charge in [-0.25, -0.2) is 0 Å². The summed E-state index contributed by atoms with van der Waals surface area (Å²) in [6.07, 6.45) is 1.25. The number of fused-ring (bicyclic) bond motifs is 3. The van der Waals surface area contributed by atoms with E-state index >= 15 is 0 Å². The van der Waals surface area contributed by atoms with E-state index in [1.165, 1.54) is 5.56 Å². The van der Waals surface area contributed by atoms with Crippen molar-refractivity contribution in [1.82, 2.24) is 0 Å². The second-order valence-electron chi connectivity index (χ2n) is 12.4. The van der Waals surface area contributed by atoms with Crippen LogP contribution in [0, 0.1) is 47.3 Å². The van der Waals surface area contributed by atoms with Gasteiger partial charge in [0.15, 0.2) is 5.78 Å². The van der Waals surface area contributed by atoms with E-state index in [1.807, 2.05) is 50.2 Å². The van der Waals surface area contributed by atoms with Gasteiger partial charge in [-0.05, 0) is 92.2 Å². The summed E-state index contributed by atoms with van der Waals surface area (Å²) in [5.41, 5.74) is 10.5. The van der Waals surface area contributed by atoms with Crippen LogP contribution >= 0.6 is 11.6 Å². The van der Waals surface area contributed by atoms with Gasteiger partial charge >= 0.3 is 0 Å². The van der Waals surface area contributed by atoms with Crippen molar-refractivity contribution in [3.63, 3.8) is 0 Å². The van der Waals surface area contributed by atoms with E-state index < -0.39 is 22.5 Å². The molecule has 2 aromatic rings. The highest BCUT2D eigenvalue weighted by atomic mass is 35.5. The van der Waals surface area contributed by atoms with Crippen LogP contribution in [0.1, 0.15) is 68.9 Å². The zero-order chi connectivity index (χ0) is 29.3. The molecule has 0 spiro atoms. The van der Waals surface area contributed by atoms with Crippen molar-refractivity contribution in [1.29, 1.82) is 0 Å². The molecule has 2 aromatic carbocycles. The van der Waals surface area contributed by atoms with Crippen LogP contribution in [0.4, 0.5) is 0 Å². The van der Waals surface area contributed by atoms with Gasteiger partial charge in [0.1, 0.15) is 5.76 Å². The lowest BCUT2D eigenvalue weighted by Crippen LogP contribution is -2.59. The van der Waals surface area contributed by atoms with E-state index in [1.54, 1.807) is 6.92 Å². The molecule has 0 aromatic heterocycles. The number of carbonyl (C=O) groups is 2. The van der Waals surface area contributed by atoms with Gasteiger partial charge in [0, 0.05) is 27.3 Å². The third-order valence-corrected chi connectivity index (χ3v) is 10.1. The van der Waals surface area contributed by atoms with E-state index in [9.17, 15) is 14.7 Å². The first kappa shape index (κ1) is 28.0. The first-order chi connectivity index (χ1) is 18.7. The van der Waals surface area contributed by atoms with E-state index in [4.69, 9.17) is 17.3 Å². The van der Waals surface area contributed by atoms with Crippen LogP contribution in [0.3, 0.4) is 0 Å². The molecule has 5 rings (SSSR count). The van der Waals surface area contributed by atoms with Crippen molar-refractivity contribution in [3.05, 3.63) is 98.3 Å². The Balaban J connectivity index is 1.70. The molecule has 0 fully saturated rings. The fourth-order valence-corrected chi connectivity index (χ4v) is 8.25. The molecule has 40 heavy (non-hydrogen) atoms. The number of carbonyl (C=O) groups excluding carboxylic acids is 2. The van der Waals surface area contributed by atoms with Gasteiger partial charge in [-0.2, -0.15) is 0 Å². The number of nitrogens with two attached hydrogens (primary N) is 1. The van der Waals surface area contributed by atoms with Gasteiger partial charge < -0.3 is 10.8 Å². The predicted octanol–water partition coefficient (Wildman–Crippen LogP) is 7.12. The Morgan fingerprint density at radius 2 is 1.77 bits per heavy atom. The summed E-state index contributed by atoms with van der Waals surface area (Å²) in [7, 11) is 0. The molecule has 0 saturated heterocycles. The first-order valence-corrected chi connectivity index (χ1v) is 14.2. The highest BCUT2D eigenvalue weighted by Crippen LogP contribution is 2.66. The molecule has 5 heteroatoms. The molecule has 206 valence electrons. The Labute approximate surface area is 242 Å². The zero-order valence-corrected chi connectivity index (χ0v) is 24.8. The summed E-state index contributed by atoms with van der Waals surface area (Å²) >= 11 is 6.75. The van der Waals surface area contributed by atoms with Gasteiger partial charge in [-0.1, -0.05) is 74.1 Å². The molecule has 4 nitrogen and oxygen atoms in total. The lowest BCUT2D eigenvalue weighted by molar-refractivity contribution is -0.141. The number of benzene rings is 2. The van der Waals surface area contributed by atoms with Crippen molar-refractivity contribution in [2.75, 3.05) is 0 Å². The number of aliphatic hydroxyl groups is 1. The Hall–Kier alpha value is -3.55. The Morgan fingerprint density at radius 3 is 2.38 bits per heavy atom. The molecule has 0 unspecified atom stereocenters. The van der Waals surface area contributed by atoms with E-state index in [-0.39, 0.29) is 29.1 Å². The zero-order valence-electron chi connectivity index (χ0n) is 24.0. The molecule has 0 saturated carbocycles. The van der Waals surface area contributed by atoms with Crippen molar-refractivity contribution >= 4 is 28.9 Å². The lowest BCUT2D eigenvalue weighted by atomic mass is 9.43. The van der Waals surface area contributed by atoms with Crippen LogP contribution in [-0.2, 0) is 16.0 Å². The number of halogens is 1. The fourth-order valence-electron chi connectivity index (χ4n) is 7.96. The minimum Gasteiger partial charge on any atom is -0.511 e. The Bertz CT molecular complexity index is 1610. The molecule has 4 atom stereocenters. The highest BCUT2D eigenvalue weighted by molar-refractivity contribution is 6.33. The first-order valence-electron chi connectivity index (χ1n) is 13.8. The second kappa shape index (κ2) is 9.53. The van der Waals surface area contributed by atoms with Gasteiger partial charge in [-0.15, -0.1) is 0 Å². The molecule has 0 aliphatic heterocycles. The minimum absolute atomic E-state index is 0.0118. The Kier molecular flexibility index (Phi) is 6.67. The minimum atomic E-state index is -1.33. The SMILES string of the molecule is C=C1C2=C(O)[C@]3(C)C(=O)C(C(N)=O)=C(C)[C@@H](C(C)C)[C@]3(C)C[C@@H]2Cc2c(C#Cc3ccc(C)cc3)ccc(Cl)c21. The molecule has 3 N–H and O–H groups in total. The summed E-state index contributed by atoms with van der Waals surface area (Å²) in [4.78, 5) is 26.6. The largest absolute Gasteiger partial charge is 0.511 e. The van der Waals surface area contributed by atoms with E-state index in [2.05, 4.69) is 39.2 Å². The van der Waals surface area contributed by atoms with Crippen LogP contribution in [0.5, 0.6) is 0 Å². The average molecular weight is 554 g/mol. The quantitative estimate of drug-likeness (QED) is 0.307. The molecule has 3 aliphatic rings. The summed E-state index contributed by atoms with van der Waals surface area (Å²) in [5.74, 6) is 5.36. The van der Waals surface area contributed by atoms with Gasteiger partial charge in [0.2, 0.25) is 0 Å². The number of aliphatic hydroxyl groups excluding tert-OH is 1. The van der Waals surface area contributed by atoms with Gasteiger partial charge in [0.05, 0.1) is 11.0 Å². The maximum absolute atomic E-state index is 14.1. The molecular formula is C35H36ClNO3. The molecule has 0 heterocycles. The second-order valence-corrected chi connectivity index (χ2v) is 12.8. The smallest absolute Gasteiger partial charge is 0.252 e. The summed E-state index contributed by atoms with van der Waals surface area (Å²) in [6, 6.07) is 11.9. The number of rotatable bonds is 2. The summed E-state index contributed by atoms with van der Waals surface area (Å²) < 4.78 is 0. The van der Waals surface area contributed by atoms with Crippen LogP contribution in [0.15, 0.2) is 65.5 Å². The fraction of sp³-hybridized carbons (Fsp3) is 0.371.